The van der Waals surface area contributed by atoms with Crippen LogP contribution >= 0.6 is 0 Å². The maximum Gasteiger partial charge on any atom is 0.328 e. The van der Waals surface area contributed by atoms with E-state index in [1.807, 2.05) is 28.8 Å². The maximum absolute atomic E-state index is 12.6. The average Bonchev–Trinajstić information content (AvgIpc) is 2.83. The molecule has 0 unspecified atom stereocenters. The van der Waals surface area contributed by atoms with Crippen LogP contribution in [0.25, 0.3) is 22.1 Å². The van der Waals surface area contributed by atoms with E-state index in [4.69, 9.17) is 4.74 Å². The number of fused-ring (bicyclic) bond motifs is 3. The van der Waals surface area contributed by atoms with Gasteiger partial charge in [0.2, 0.25) is 0 Å². The van der Waals surface area contributed by atoms with Gasteiger partial charge < -0.3 is 4.74 Å². The molecule has 1 atom stereocenters. The number of H-pyrrole nitrogens is 1. The van der Waals surface area contributed by atoms with E-state index in [0.717, 1.165) is 22.8 Å². The third-order valence-electron chi connectivity index (χ3n) is 4.55. The fourth-order valence-corrected chi connectivity index (χ4v) is 3.42. The van der Waals surface area contributed by atoms with Crippen LogP contribution in [0.4, 0.5) is 0 Å². The molecule has 0 spiro atoms. The summed E-state index contributed by atoms with van der Waals surface area (Å²) >= 11 is 0. The SMILES string of the molecule is CC1(C)COCC[C@@H]1n1c(=O)[nH]c2nnc3ccccc3c21. The lowest BCUT2D eigenvalue weighted by Gasteiger charge is -2.38. The Kier molecular flexibility index (Phi) is 2.84. The first kappa shape index (κ1) is 13.5. The molecular weight excluding hydrogens is 280 g/mol. The van der Waals surface area contributed by atoms with Gasteiger partial charge in [-0.1, -0.05) is 32.0 Å². The second-order valence-electron chi connectivity index (χ2n) is 6.56. The van der Waals surface area contributed by atoms with Gasteiger partial charge >= 0.3 is 5.69 Å². The van der Waals surface area contributed by atoms with Crippen molar-refractivity contribution in [2.24, 2.45) is 5.41 Å². The van der Waals surface area contributed by atoms with Crippen LogP contribution in [-0.4, -0.2) is 33.0 Å². The minimum Gasteiger partial charge on any atom is -0.381 e. The minimum absolute atomic E-state index is 0.0788. The molecule has 0 amide bonds. The van der Waals surface area contributed by atoms with Crippen LogP contribution in [0.15, 0.2) is 29.1 Å². The molecule has 1 aliphatic heterocycles. The third-order valence-corrected chi connectivity index (χ3v) is 4.55. The van der Waals surface area contributed by atoms with Crippen LogP contribution in [-0.2, 0) is 4.74 Å². The molecule has 3 heterocycles. The zero-order valence-electron chi connectivity index (χ0n) is 12.7. The lowest BCUT2D eigenvalue weighted by Crippen LogP contribution is -2.40. The highest BCUT2D eigenvalue weighted by Crippen LogP contribution is 2.38. The van der Waals surface area contributed by atoms with E-state index in [1.165, 1.54) is 0 Å². The normalized spacial score (nSPS) is 21.5. The van der Waals surface area contributed by atoms with Gasteiger partial charge in [0.25, 0.3) is 0 Å². The third kappa shape index (κ3) is 1.87. The molecule has 6 nitrogen and oxygen atoms in total. The Bertz CT molecular complexity index is 909. The summed E-state index contributed by atoms with van der Waals surface area (Å²) in [6.45, 7) is 5.59. The van der Waals surface area contributed by atoms with Crippen molar-refractivity contribution in [1.29, 1.82) is 0 Å². The zero-order chi connectivity index (χ0) is 15.3. The number of aromatic amines is 1. The van der Waals surface area contributed by atoms with Gasteiger partial charge in [-0.05, 0) is 12.5 Å². The Hall–Kier alpha value is -2.21. The molecular formula is C16H18N4O2. The van der Waals surface area contributed by atoms with E-state index < -0.39 is 0 Å². The second-order valence-corrected chi connectivity index (χ2v) is 6.56. The van der Waals surface area contributed by atoms with Crippen molar-refractivity contribution < 1.29 is 4.74 Å². The number of nitrogens with one attached hydrogen (secondary N) is 1. The molecule has 1 saturated heterocycles. The largest absolute Gasteiger partial charge is 0.381 e. The fraction of sp³-hybridized carbons (Fsp3) is 0.438. The first-order valence-electron chi connectivity index (χ1n) is 7.51. The van der Waals surface area contributed by atoms with Crippen molar-refractivity contribution in [3.63, 3.8) is 0 Å². The molecule has 1 fully saturated rings. The summed E-state index contributed by atoms with van der Waals surface area (Å²) in [5, 5.41) is 9.31. The van der Waals surface area contributed by atoms with Crippen LogP contribution in [0.5, 0.6) is 0 Å². The van der Waals surface area contributed by atoms with Crippen molar-refractivity contribution in [3.8, 4) is 0 Å². The van der Waals surface area contributed by atoms with Gasteiger partial charge in [0.15, 0.2) is 5.65 Å². The minimum atomic E-state index is -0.124. The maximum atomic E-state index is 12.6. The predicted molar refractivity (Wildman–Crippen MR) is 83.9 cm³/mol. The van der Waals surface area contributed by atoms with Gasteiger partial charge in [-0.3, -0.25) is 9.55 Å². The van der Waals surface area contributed by atoms with Crippen LogP contribution in [0.3, 0.4) is 0 Å². The van der Waals surface area contributed by atoms with Gasteiger partial charge in [-0.15, -0.1) is 10.2 Å². The predicted octanol–water partition coefficient (Wildman–Crippen LogP) is 2.26. The lowest BCUT2D eigenvalue weighted by atomic mass is 9.81. The van der Waals surface area contributed by atoms with E-state index in [9.17, 15) is 4.79 Å². The Labute approximate surface area is 127 Å². The van der Waals surface area contributed by atoms with Crippen molar-refractivity contribution >= 4 is 22.1 Å². The monoisotopic (exact) mass is 298 g/mol. The Balaban J connectivity index is 2.06. The number of nitrogens with zero attached hydrogens (tertiary/aromatic N) is 3. The highest BCUT2D eigenvalue weighted by atomic mass is 16.5. The van der Waals surface area contributed by atoms with Crippen molar-refractivity contribution in [2.45, 2.75) is 26.3 Å². The topological polar surface area (TPSA) is 72.8 Å². The molecule has 1 aliphatic rings. The second kappa shape index (κ2) is 4.64. The summed E-state index contributed by atoms with van der Waals surface area (Å²) in [4.78, 5) is 15.4. The number of benzene rings is 1. The highest BCUT2D eigenvalue weighted by Gasteiger charge is 2.36. The highest BCUT2D eigenvalue weighted by molar-refractivity contribution is 6.00. The number of aromatic nitrogens is 4. The number of hydrogen-bond acceptors (Lipinski definition) is 4. The summed E-state index contributed by atoms with van der Waals surface area (Å²) in [5.41, 5.74) is 1.96. The van der Waals surface area contributed by atoms with Gasteiger partial charge in [0.05, 0.1) is 12.1 Å². The molecule has 0 radical (unpaired) electrons. The molecule has 0 aliphatic carbocycles. The standard InChI is InChI=1S/C16H18N4O2/c1-16(2)9-22-8-7-12(16)20-13-10-5-3-4-6-11(10)18-19-14(13)17-15(20)21/h3-6,12H,7-9H2,1-2H3,(H,17,19,21)/t12-/m0/s1. The Morgan fingerprint density at radius 1 is 1.32 bits per heavy atom. The summed E-state index contributed by atoms with van der Waals surface area (Å²) in [6, 6.07) is 7.87. The zero-order valence-corrected chi connectivity index (χ0v) is 12.7. The summed E-state index contributed by atoms with van der Waals surface area (Å²) in [5.74, 6) is 0. The summed E-state index contributed by atoms with van der Waals surface area (Å²) < 4.78 is 7.45. The number of ether oxygens (including phenoxy) is 1. The molecule has 3 aromatic rings. The summed E-state index contributed by atoms with van der Waals surface area (Å²) in [7, 11) is 0. The van der Waals surface area contributed by atoms with Gasteiger partial charge in [-0.2, -0.15) is 0 Å². The van der Waals surface area contributed by atoms with E-state index in [2.05, 4.69) is 29.0 Å². The molecule has 4 rings (SSSR count). The molecule has 0 saturated carbocycles. The molecule has 0 bridgehead atoms. The van der Waals surface area contributed by atoms with Crippen molar-refractivity contribution in [3.05, 3.63) is 34.7 Å². The van der Waals surface area contributed by atoms with Gasteiger partial charge in [0, 0.05) is 23.4 Å². The van der Waals surface area contributed by atoms with Gasteiger partial charge in [-0.25, -0.2) is 4.79 Å². The summed E-state index contributed by atoms with van der Waals surface area (Å²) in [6.07, 6.45) is 0.816. The first-order chi connectivity index (χ1) is 10.6. The van der Waals surface area contributed by atoms with E-state index >= 15 is 0 Å². The van der Waals surface area contributed by atoms with Crippen molar-refractivity contribution in [2.75, 3.05) is 13.2 Å². The molecule has 1 N–H and O–H groups in total. The Morgan fingerprint density at radius 2 is 2.14 bits per heavy atom. The molecule has 1 aromatic carbocycles. The van der Waals surface area contributed by atoms with E-state index in [1.54, 1.807) is 0 Å². The van der Waals surface area contributed by atoms with Crippen molar-refractivity contribution in [1.82, 2.24) is 19.7 Å². The lowest BCUT2D eigenvalue weighted by molar-refractivity contribution is -0.0251. The molecule has 6 heteroatoms. The van der Waals surface area contributed by atoms with E-state index in [-0.39, 0.29) is 17.1 Å². The van der Waals surface area contributed by atoms with Crippen LogP contribution in [0, 0.1) is 5.41 Å². The quantitative estimate of drug-likeness (QED) is 0.748. The fourth-order valence-electron chi connectivity index (χ4n) is 3.42. The van der Waals surface area contributed by atoms with Crippen LogP contribution in [0.2, 0.25) is 0 Å². The molecule has 22 heavy (non-hydrogen) atoms. The molecule has 2 aromatic heterocycles. The Morgan fingerprint density at radius 3 is 2.95 bits per heavy atom. The van der Waals surface area contributed by atoms with E-state index in [0.29, 0.717) is 18.9 Å². The van der Waals surface area contributed by atoms with Gasteiger partial charge in [0.1, 0.15) is 5.52 Å². The molecule has 114 valence electrons. The number of imidazole rings is 1. The number of rotatable bonds is 1. The van der Waals surface area contributed by atoms with Crippen LogP contribution < -0.4 is 5.69 Å². The number of hydrogen-bond donors (Lipinski definition) is 1. The average molecular weight is 298 g/mol. The van der Waals surface area contributed by atoms with Crippen LogP contribution in [0.1, 0.15) is 26.3 Å². The first-order valence-corrected chi connectivity index (χ1v) is 7.51. The smallest absolute Gasteiger partial charge is 0.328 e.